The minimum atomic E-state index is -1.82. The number of nitrogens with zero attached hydrogens (tertiary/aromatic N) is 1. The van der Waals surface area contributed by atoms with Crippen LogP contribution < -0.4 is 9.64 Å². The number of hydrogen-bond donors (Lipinski definition) is 1. The molecule has 1 aliphatic rings. The molecule has 1 heterocycles. The lowest BCUT2D eigenvalue weighted by Crippen LogP contribution is -2.43. The Kier molecular flexibility index (Phi) is 6.04. The fourth-order valence-electron chi connectivity index (χ4n) is 4.33. The highest BCUT2D eigenvalue weighted by Gasteiger charge is 2.51. The zero-order valence-electron chi connectivity index (χ0n) is 18.7. The van der Waals surface area contributed by atoms with Crippen molar-refractivity contribution < 1.29 is 19.4 Å². The first kappa shape index (κ1) is 22.0. The number of anilines is 1. The maximum absolute atomic E-state index is 13.3. The summed E-state index contributed by atoms with van der Waals surface area (Å²) in [6, 6.07) is 9.97. The second-order valence-corrected chi connectivity index (χ2v) is 8.66. The van der Waals surface area contributed by atoms with Crippen molar-refractivity contribution in [2.75, 3.05) is 18.1 Å². The number of carbonyl (C=O) groups is 2. The SMILES string of the molecule is CC(=O)CC1(O)C(=O)N(CCOc2cc(C)ccc2C(C)C)c2c(C)ccc(C)c21. The van der Waals surface area contributed by atoms with Gasteiger partial charge in [0.15, 0.2) is 5.60 Å². The molecule has 0 fully saturated rings. The number of benzene rings is 2. The van der Waals surface area contributed by atoms with Crippen LogP contribution in [0.5, 0.6) is 5.75 Å². The molecule has 3 rings (SSSR count). The maximum atomic E-state index is 13.3. The largest absolute Gasteiger partial charge is 0.491 e. The summed E-state index contributed by atoms with van der Waals surface area (Å²) in [5, 5.41) is 11.3. The number of amides is 1. The number of Topliss-reactive ketones (excluding diaryl/α,β-unsaturated/α-hetero) is 1. The van der Waals surface area contributed by atoms with Gasteiger partial charge < -0.3 is 14.7 Å². The monoisotopic (exact) mass is 409 g/mol. The number of fused-ring (bicyclic) bond motifs is 1. The van der Waals surface area contributed by atoms with Crippen molar-refractivity contribution in [3.8, 4) is 5.75 Å². The van der Waals surface area contributed by atoms with Crippen molar-refractivity contribution in [2.45, 2.75) is 59.5 Å². The summed E-state index contributed by atoms with van der Waals surface area (Å²) in [6.07, 6.45) is -0.226. The molecule has 0 spiro atoms. The molecule has 30 heavy (non-hydrogen) atoms. The fourth-order valence-corrected chi connectivity index (χ4v) is 4.33. The van der Waals surface area contributed by atoms with Crippen LogP contribution in [0.4, 0.5) is 5.69 Å². The van der Waals surface area contributed by atoms with E-state index >= 15 is 0 Å². The summed E-state index contributed by atoms with van der Waals surface area (Å²) in [6.45, 7) is 12.0. The Balaban J connectivity index is 1.90. The first-order chi connectivity index (χ1) is 14.1. The lowest BCUT2D eigenvalue weighted by atomic mass is 9.86. The van der Waals surface area contributed by atoms with Crippen molar-refractivity contribution in [2.24, 2.45) is 0 Å². The van der Waals surface area contributed by atoms with E-state index in [2.05, 4.69) is 26.0 Å². The number of ketones is 1. The molecule has 2 aromatic carbocycles. The molecule has 1 amide bonds. The van der Waals surface area contributed by atoms with E-state index in [1.165, 1.54) is 6.92 Å². The van der Waals surface area contributed by atoms with E-state index in [1.807, 2.05) is 39.0 Å². The minimum absolute atomic E-state index is 0.225. The molecule has 0 saturated carbocycles. The predicted octanol–water partition coefficient (Wildman–Crippen LogP) is 4.33. The first-order valence-corrected chi connectivity index (χ1v) is 10.4. The molecule has 0 aromatic heterocycles. The van der Waals surface area contributed by atoms with E-state index in [9.17, 15) is 14.7 Å². The zero-order chi connectivity index (χ0) is 22.2. The summed E-state index contributed by atoms with van der Waals surface area (Å²) >= 11 is 0. The molecule has 160 valence electrons. The summed E-state index contributed by atoms with van der Waals surface area (Å²) < 4.78 is 6.08. The van der Waals surface area contributed by atoms with Gasteiger partial charge in [-0.05, 0) is 61.9 Å². The van der Waals surface area contributed by atoms with Gasteiger partial charge >= 0.3 is 0 Å². The Labute approximate surface area is 178 Å². The van der Waals surface area contributed by atoms with Gasteiger partial charge in [0.2, 0.25) is 0 Å². The average molecular weight is 410 g/mol. The smallest absolute Gasteiger partial charge is 0.264 e. The molecule has 0 saturated heterocycles. The standard InChI is InChI=1S/C25H31NO4/c1-15(2)20-10-7-16(3)13-21(20)30-12-11-26-23-18(5)9-8-17(4)22(23)25(29,24(26)28)14-19(6)27/h7-10,13,15,29H,11-12,14H2,1-6H3. The third kappa shape index (κ3) is 3.86. The van der Waals surface area contributed by atoms with Crippen molar-refractivity contribution in [3.63, 3.8) is 0 Å². The van der Waals surface area contributed by atoms with Crippen LogP contribution in [0.15, 0.2) is 30.3 Å². The predicted molar refractivity (Wildman–Crippen MR) is 118 cm³/mol. The second kappa shape index (κ2) is 8.23. The normalized spacial score (nSPS) is 18.1. The minimum Gasteiger partial charge on any atom is -0.491 e. The summed E-state index contributed by atoms with van der Waals surface area (Å²) in [5.74, 6) is 0.455. The van der Waals surface area contributed by atoms with Crippen LogP contribution >= 0.6 is 0 Å². The van der Waals surface area contributed by atoms with Gasteiger partial charge in [0.1, 0.15) is 18.1 Å². The molecule has 0 radical (unpaired) electrons. The van der Waals surface area contributed by atoms with Crippen LogP contribution in [0.1, 0.15) is 60.9 Å². The molecule has 1 N–H and O–H groups in total. The Morgan fingerprint density at radius 3 is 2.43 bits per heavy atom. The van der Waals surface area contributed by atoms with Crippen LogP contribution in [0.3, 0.4) is 0 Å². The molecule has 2 aromatic rings. The summed E-state index contributed by atoms with van der Waals surface area (Å²) in [4.78, 5) is 26.7. The molecule has 5 heteroatoms. The topological polar surface area (TPSA) is 66.8 Å². The van der Waals surface area contributed by atoms with E-state index in [0.29, 0.717) is 23.7 Å². The van der Waals surface area contributed by atoms with Crippen LogP contribution in [0, 0.1) is 20.8 Å². The molecule has 5 nitrogen and oxygen atoms in total. The molecular formula is C25H31NO4. The van der Waals surface area contributed by atoms with Gasteiger partial charge in [-0.2, -0.15) is 0 Å². The lowest BCUT2D eigenvalue weighted by Gasteiger charge is -2.23. The first-order valence-electron chi connectivity index (χ1n) is 10.4. The number of hydrogen-bond acceptors (Lipinski definition) is 4. The van der Waals surface area contributed by atoms with Crippen LogP contribution in [-0.2, 0) is 15.2 Å². The molecule has 1 aliphatic heterocycles. The van der Waals surface area contributed by atoms with Crippen molar-refractivity contribution >= 4 is 17.4 Å². The molecular weight excluding hydrogens is 378 g/mol. The maximum Gasteiger partial charge on any atom is 0.264 e. The van der Waals surface area contributed by atoms with Gasteiger partial charge in [-0.25, -0.2) is 0 Å². The summed E-state index contributed by atoms with van der Waals surface area (Å²) in [5.41, 5.74) is 3.35. The Morgan fingerprint density at radius 2 is 1.80 bits per heavy atom. The van der Waals surface area contributed by atoms with E-state index in [1.54, 1.807) is 4.90 Å². The van der Waals surface area contributed by atoms with Crippen LogP contribution in [0.2, 0.25) is 0 Å². The van der Waals surface area contributed by atoms with Crippen molar-refractivity contribution in [1.29, 1.82) is 0 Å². The zero-order valence-corrected chi connectivity index (χ0v) is 18.7. The summed E-state index contributed by atoms with van der Waals surface area (Å²) in [7, 11) is 0. The fraction of sp³-hybridized carbons (Fsp3) is 0.440. The van der Waals surface area contributed by atoms with E-state index < -0.39 is 11.5 Å². The van der Waals surface area contributed by atoms with Crippen molar-refractivity contribution in [3.05, 3.63) is 58.1 Å². The number of aryl methyl sites for hydroxylation is 3. The molecule has 0 aliphatic carbocycles. The molecule has 1 unspecified atom stereocenters. The number of rotatable bonds is 7. The highest BCUT2D eigenvalue weighted by Crippen LogP contribution is 2.46. The van der Waals surface area contributed by atoms with Gasteiger partial charge in [0.25, 0.3) is 5.91 Å². The van der Waals surface area contributed by atoms with Gasteiger partial charge in [-0.15, -0.1) is 0 Å². The number of ether oxygens (including phenoxy) is 1. The van der Waals surface area contributed by atoms with Gasteiger partial charge in [0, 0.05) is 12.0 Å². The van der Waals surface area contributed by atoms with Gasteiger partial charge in [0.05, 0.1) is 12.2 Å². The van der Waals surface area contributed by atoms with Crippen molar-refractivity contribution in [1.82, 2.24) is 0 Å². The van der Waals surface area contributed by atoms with Crippen LogP contribution in [-0.4, -0.2) is 29.9 Å². The third-order valence-electron chi connectivity index (χ3n) is 5.74. The molecule has 1 atom stereocenters. The quantitative estimate of drug-likeness (QED) is 0.739. The Morgan fingerprint density at radius 1 is 1.13 bits per heavy atom. The Bertz CT molecular complexity index is 995. The van der Waals surface area contributed by atoms with Crippen LogP contribution in [0.25, 0.3) is 0 Å². The third-order valence-corrected chi connectivity index (χ3v) is 5.74. The van der Waals surface area contributed by atoms with Gasteiger partial charge in [-0.1, -0.05) is 38.1 Å². The highest BCUT2D eigenvalue weighted by atomic mass is 16.5. The number of aliphatic hydroxyl groups is 1. The second-order valence-electron chi connectivity index (χ2n) is 8.66. The Hall–Kier alpha value is -2.66. The van der Waals surface area contributed by atoms with E-state index in [4.69, 9.17) is 4.74 Å². The van der Waals surface area contributed by atoms with Gasteiger partial charge in [-0.3, -0.25) is 9.59 Å². The average Bonchev–Trinajstić information content (AvgIpc) is 2.86. The highest BCUT2D eigenvalue weighted by molar-refractivity contribution is 6.09. The number of carbonyl (C=O) groups excluding carboxylic acids is 2. The van der Waals surface area contributed by atoms with E-state index in [-0.39, 0.29) is 18.8 Å². The van der Waals surface area contributed by atoms with E-state index in [0.717, 1.165) is 28.0 Å². The molecule has 0 bridgehead atoms. The lowest BCUT2D eigenvalue weighted by molar-refractivity contribution is -0.141.